The quantitative estimate of drug-likeness (QED) is 0.690. The minimum Gasteiger partial charge on any atom is -0.477 e. The Balaban J connectivity index is 3.62. The van der Waals surface area contributed by atoms with Crippen LogP contribution < -0.4 is 0 Å². The van der Waals surface area contributed by atoms with Crippen LogP contribution in [0.3, 0.4) is 0 Å². The molecule has 0 aliphatic heterocycles. The van der Waals surface area contributed by atoms with Gasteiger partial charge in [0.15, 0.2) is 0 Å². The minimum atomic E-state index is -2.24. The monoisotopic (exact) mass is 194 g/mol. The summed E-state index contributed by atoms with van der Waals surface area (Å²) < 4.78 is 21.8. The van der Waals surface area contributed by atoms with E-state index >= 15 is 0 Å². The Morgan fingerprint density at radius 2 is 2.15 bits per heavy atom. The van der Waals surface area contributed by atoms with E-state index in [-0.39, 0.29) is 6.61 Å². The number of hydrogen-bond acceptors (Lipinski definition) is 3. The number of rotatable bonds is 6. The second-order valence-electron chi connectivity index (χ2n) is 3.24. The van der Waals surface area contributed by atoms with Gasteiger partial charge in [-0.2, -0.15) is 0 Å². The molecule has 0 rings (SSSR count). The minimum absolute atomic E-state index is 0.0221. The predicted molar refractivity (Wildman–Crippen MR) is 44.2 cm³/mol. The number of hydrogen-bond donors (Lipinski definition) is 1. The Morgan fingerprint density at radius 1 is 1.62 bits per heavy atom. The highest BCUT2D eigenvalue weighted by atomic mass is 19.1. The van der Waals surface area contributed by atoms with Crippen LogP contribution in [0.15, 0.2) is 0 Å². The maximum absolute atomic E-state index is 12.3. The first kappa shape index (κ1) is 12.3. The molecule has 0 aliphatic carbocycles. The van der Waals surface area contributed by atoms with E-state index in [4.69, 9.17) is 9.84 Å². The Bertz CT molecular complexity index is 170. The molecule has 1 unspecified atom stereocenters. The van der Waals surface area contributed by atoms with Gasteiger partial charge in [0.1, 0.15) is 0 Å². The highest BCUT2D eigenvalue weighted by Crippen LogP contribution is 2.13. The third-order valence-electron chi connectivity index (χ3n) is 1.72. The van der Waals surface area contributed by atoms with Gasteiger partial charge in [0, 0.05) is 7.11 Å². The van der Waals surface area contributed by atoms with E-state index in [0.29, 0.717) is 6.42 Å². The molecule has 0 aliphatic rings. The molecular weight excluding hydrogens is 179 g/mol. The van der Waals surface area contributed by atoms with Gasteiger partial charge >= 0.3 is 5.97 Å². The maximum atomic E-state index is 12.3. The second-order valence-corrected chi connectivity index (χ2v) is 3.24. The normalized spacial score (nSPS) is 14.2. The molecule has 78 valence electrons. The van der Waals surface area contributed by atoms with Gasteiger partial charge in [-0.05, 0) is 20.3 Å². The van der Waals surface area contributed by atoms with Crippen molar-refractivity contribution in [3.8, 4) is 0 Å². The van der Waals surface area contributed by atoms with Crippen molar-refractivity contribution in [2.45, 2.75) is 32.2 Å². The maximum Gasteiger partial charge on any atom is 0.366 e. The molecule has 1 N–H and O–H groups in total. The Labute approximate surface area is 76.6 Å². The van der Waals surface area contributed by atoms with Crippen LogP contribution in [0.5, 0.6) is 0 Å². The first-order valence-electron chi connectivity index (χ1n) is 3.92. The zero-order chi connectivity index (χ0) is 10.5. The molecule has 0 aromatic rings. The van der Waals surface area contributed by atoms with Crippen LogP contribution in [0, 0.1) is 0 Å². The Morgan fingerprint density at radius 3 is 2.54 bits per heavy atom. The van der Waals surface area contributed by atoms with Crippen LogP contribution in [0.4, 0.5) is 4.39 Å². The van der Waals surface area contributed by atoms with Gasteiger partial charge in [0.2, 0.25) is 0 Å². The van der Waals surface area contributed by atoms with Crippen molar-refractivity contribution in [1.29, 1.82) is 0 Å². The molecule has 0 spiro atoms. The van der Waals surface area contributed by atoms with E-state index in [0.717, 1.165) is 0 Å². The summed E-state index contributed by atoms with van der Waals surface area (Å²) in [5.74, 6) is -1.60. The van der Waals surface area contributed by atoms with Crippen molar-refractivity contribution in [3.05, 3.63) is 0 Å². The number of carboxylic acid groups (broad SMARTS) is 1. The van der Waals surface area contributed by atoms with Crippen molar-refractivity contribution < 1.29 is 23.8 Å². The first-order chi connectivity index (χ1) is 5.89. The highest BCUT2D eigenvalue weighted by Gasteiger charge is 2.20. The third-order valence-corrected chi connectivity index (χ3v) is 1.72. The van der Waals surface area contributed by atoms with Crippen LogP contribution in [-0.2, 0) is 14.3 Å². The summed E-state index contributed by atoms with van der Waals surface area (Å²) in [5, 5.41) is 8.14. The zero-order valence-electron chi connectivity index (χ0n) is 8.04. The number of aliphatic carboxylic acids is 1. The van der Waals surface area contributed by atoms with Gasteiger partial charge in [0.25, 0.3) is 6.36 Å². The molecule has 0 aromatic carbocycles. The summed E-state index contributed by atoms with van der Waals surface area (Å²) >= 11 is 0. The molecular formula is C8H15FO4. The molecule has 0 saturated heterocycles. The molecule has 13 heavy (non-hydrogen) atoms. The summed E-state index contributed by atoms with van der Waals surface area (Å²) in [5.41, 5.74) is -0.418. The lowest BCUT2D eigenvalue weighted by Gasteiger charge is -2.22. The Hall–Kier alpha value is -0.680. The highest BCUT2D eigenvalue weighted by molar-refractivity contribution is 5.70. The average molecular weight is 194 g/mol. The number of halogens is 1. The lowest BCUT2D eigenvalue weighted by molar-refractivity contribution is -0.164. The fourth-order valence-corrected chi connectivity index (χ4v) is 0.582. The van der Waals surface area contributed by atoms with Gasteiger partial charge < -0.3 is 14.6 Å². The van der Waals surface area contributed by atoms with Gasteiger partial charge in [0.05, 0.1) is 12.2 Å². The van der Waals surface area contributed by atoms with Gasteiger partial charge in [-0.15, -0.1) is 0 Å². The summed E-state index contributed by atoms with van der Waals surface area (Å²) in [6.07, 6.45) is -1.80. The molecule has 4 nitrogen and oxygen atoms in total. The molecule has 0 aromatic heterocycles. The van der Waals surface area contributed by atoms with Crippen LogP contribution >= 0.6 is 0 Å². The zero-order valence-corrected chi connectivity index (χ0v) is 8.04. The standard InChI is InChI=1S/C8H15FO4/c1-8(2,12-3)4-5-13-6(9)7(10)11/h6H,4-5H2,1-3H3,(H,10,11). The van der Waals surface area contributed by atoms with Crippen LogP contribution in [-0.4, -0.2) is 36.8 Å². The van der Waals surface area contributed by atoms with E-state index in [2.05, 4.69) is 4.74 Å². The molecule has 0 fully saturated rings. The molecule has 0 saturated carbocycles. The van der Waals surface area contributed by atoms with Crippen LogP contribution in [0.1, 0.15) is 20.3 Å². The van der Waals surface area contributed by atoms with Crippen LogP contribution in [0.2, 0.25) is 0 Å². The first-order valence-corrected chi connectivity index (χ1v) is 3.92. The van der Waals surface area contributed by atoms with E-state index in [9.17, 15) is 9.18 Å². The number of carbonyl (C=O) groups is 1. The van der Waals surface area contributed by atoms with Gasteiger partial charge in [-0.3, -0.25) is 0 Å². The van der Waals surface area contributed by atoms with Crippen molar-refractivity contribution >= 4 is 5.97 Å². The lowest BCUT2D eigenvalue weighted by atomic mass is 10.1. The van der Waals surface area contributed by atoms with E-state index < -0.39 is 17.9 Å². The molecule has 0 amide bonds. The van der Waals surface area contributed by atoms with Crippen molar-refractivity contribution in [2.75, 3.05) is 13.7 Å². The fourth-order valence-electron chi connectivity index (χ4n) is 0.582. The SMILES string of the molecule is COC(C)(C)CCOC(F)C(=O)O. The van der Waals surface area contributed by atoms with E-state index in [1.165, 1.54) is 7.11 Å². The molecule has 0 radical (unpaired) electrons. The summed E-state index contributed by atoms with van der Waals surface area (Å²) in [6, 6.07) is 0. The number of methoxy groups -OCH3 is 1. The van der Waals surface area contributed by atoms with E-state index in [1.54, 1.807) is 0 Å². The Kier molecular flexibility index (Phi) is 4.87. The van der Waals surface area contributed by atoms with Crippen molar-refractivity contribution in [3.63, 3.8) is 0 Å². The molecule has 1 atom stereocenters. The predicted octanol–water partition coefficient (Wildman–Crippen LogP) is 1.20. The number of carboxylic acids is 1. The number of ether oxygens (including phenoxy) is 2. The summed E-state index contributed by atoms with van der Waals surface area (Å²) in [6.45, 7) is 3.64. The van der Waals surface area contributed by atoms with Crippen LogP contribution in [0.25, 0.3) is 0 Å². The summed E-state index contributed by atoms with van der Waals surface area (Å²) in [4.78, 5) is 9.99. The lowest BCUT2D eigenvalue weighted by Crippen LogP contribution is -2.27. The fraction of sp³-hybridized carbons (Fsp3) is 0.875. The third kappa shape index (κ3) is 5.54. The average Bonchev–Trinajstić information content (AvgIpc) is 2.04. The van der Waals surface area contributed by atoms with Gasteiger partial charge in [-0.25, -0.2) is 9.18 Å². The largest absolute Gasteiger partial charge is 0.477 e. The van der Waals surface area contributed by atoms with Crippen molar-refractivity contribution in [2.24, 2.45) is 0 Å². The van der Waals surface area contributed by atoms with E-state index in [1.807, 2.05) is 13.8 Å². The molecule has 0 bridgehead atoms. The molecule has 5 heteroatoms. The van der Waals surface area contributed by atoms with Crippen molar-refractivity contribution in [1.82, 2.24) is 0 Å². The number of alkyl halides is 1. The van der Waals surface area contributed by atoms with Gasteiger partial charge in [-0.1, -0.05) is 0 Å². The summed E-state index contributed by atoms with van der Waals surface area (Å²) in [7, 11) is 1.53. The smallest absolute Gasteiger partial charge is 0.366 e. The topological polar surface area (TPSA) is 55.8 Å². The molecule has 0 heterocycles. The second kappa shape index (κ2) is 5.14.